The summed E-state index contributed by atoms with van der Waals surface area (Å²) in [6.45, 7) is 0. The van der Waals surface area contributed by atoms with Gasteiger partial charge in [0.2, 0.25) is 5.91 Å². The number of rotatable bonds is 4. The summed E-state index contributed by atoms with van der Waals surface area (Å²) in [6.07, 6.45) is 0. The van der Waals surface area contributed by atoms with Gasteiger partial charge in [0.15, 0.2) is 0 Å². The van der Waals surface area contributed by atoms with E-state index in [-0.39, 0.29) is 22.1 Å². The maximum atomic E-state index is 13.5. The number of amides is 1. The number of halogens is 2. The summed E-state index contributed by atoms with van der Waals surface area (Å²) in [7, 11) is 1.44. The maximum absolute atomic E-state index is 13.5. The quantitative estimate of drug-likeness (QED) is 0.430. The molecule has 17 heavy (non-hydrogen) atoms. The van der Waals surface area contributed by atoms with E-state index in [0.29, 0.717) is 0 Å². The Kier molecular flexibility index (Phi) is 4.45. The summed E-state index contributed by atoms with van der Waals surface area (Å²) in [6, 6.07) is 1.94. The molecule has 0 saturated carbocycles. The van der Waals surface area contributed by atoms with Gasteiger partial charge in [0.1, 0.15) is 17.5 Å². The molecule has 0 saturated heterocycles. The Labute approximate surface area is 101 Å². The Morgan fingerprint density at radius 3 is 2.41 bits per heavy atom. The Morgan fingerprint density at radius 2 is 2.00 bits per heavy atom. The van der Waals surface area contributed by atoms with Crippen molar-refractivity contribution in [2.75, 3.05) is 12.8 Å². The molecule has 7 heteroatoms. The molecule has 0 fully saturated rings. The molecule has 0 atom stereocenters. The van der Waals surface area contributed by atoms with E-state index in [4.69, 9.17) is 11.1 Å². The zero-order chi connectivity index (χ0) is 13.0. The molecule has 0 aliphatic rings. The van der Waals surface area contributed by atoms with Gasteiger partial charge in [-0.1, -0.05) is 0 Å². The highest BCUT2D eigenvalue weighted by molar-refractivity contribution is 8.00. The minimum Gasteiger partial charge on any atom is -0.384 e. The van der Waals surface area contributed by atoms with Crippen LogP contribution in [-0.2, 0) is 4.79 Å². The van der Waals surface area contributed by atoms with Gasteiger partial charge in [-0.3, -0.25) is 10.2 Å². The van der Waals surface area contributed by atoms with Crippen LogP contribution in [0.1, 0.15) is 5.56 Å². The van der Waals surface area contributed by atoms with Gasteiger partial charge in [-0.15, -0.1) is 11.8 Å². The maximum Gasteiger partial charge on any atom is 0.230 e. The SMILES string of the molecule is CNC(=O)CSc1c(F)cc(C(=N)N)cc1F. The van der Waals surface area contributed by atoms with E-state index in [9.17, 15) is 13.6 Å². The molecule has 4 nitrogen and oxygen atoms in total. The summed E-state index contributed by atoms with van der Waals surface area (Å²) in [5.41, 5.74) is 5.10. The lowest BCUT2D eigenvalue weighted by Gasteiger charge is -2.06. The number of nitrogens with one attached hydrogen (secondary N) is 2. The number of carbonyl (C=O) groups is 1. The Hall–Kier alpha value is -1.63. The van der Waals surface area contributed by atoms with Gasteiger partial charge in [-0.25, -0.2) is 8.78 Å². The van der Waals surface area contributed by atoms with Gasteiger partial charge in [-0.2, -0.15) is 0 Å². The lowest BCUT2D eigenvalue weighted by Crippen LogP contribution is -2.20. The van der Waals surface area contributed by atoms with Crippen LogP contribution in [0.4, 0.5) is 8.78 Å². The average molecular weight is 259 g/mol. The Bertz CT molecular complexity index is 442. The Morgan fingerprint density at radius 1 is 1.47 bits per heavy atom. The molecule has 4 N–H and O–H groups in total. The number of thioether (sulfide) groups is 1. The van der Waals surface area contributed by atoms with Crippen LogP contribution in [0, 0.1) is 17.0 Å². The fraction of sp³-hybridized carbons (Fsp3) is 0.200. The van der Waals surface area contributed by atoms with Gasteiger partial charge in [0, 0.05) is 12.6 Å². The van der Waals surface area contributed by atoms with E-state index in [1.165, 1.54) is 7.05 Å². The smallest absolute Gasteiger partial charge is 0.230 e. The highest BCUT2D eigenvalue weighted by Gasteiger charge is 2.14. The van der Waals surface area contributed by atoms with Crippen molar-refractivity contribution in [1.29, 1.82) is 5.41 Å². The molecule has 1 amide bonds. The lowest BCUT2D eigenvalue weighted by molar-refractivity contribution is -0.118. The molecule has 0 aromatic heterocycles. The van der Waals surface area contributed by atoms with Gasteiger partial charge >= 0.3 is 0 Å². The fourth-order valence-corrected chi connectivity index (χ4v) is 1.88. The number of amidine groups is 1. The van der Waals surface area contributed by atoms with Crippen LogP contribution in [0.25, 0.3) is 0 Å². The minimum atomic E-state index is -0.830. The van der Waals surface area contributed by atoms with Crippen LogP contribution >= 0.6 is 11.8 Å². The van der Waals surface area contributed by atoms with E-state index < -0.39 is 17.5 Å². The number of nitrogen functional groups attached to an aromatic ring is 1. The normalized spacial score (nSPS) is 10.1. The van der Waals surface area contributed by atoms with Crippen molar-refractivity contribution < 1.29 is 13.6 Å². The number of hydrogen-bond donors (Lipinski definition) is 3. The second-order valence-corrected chi connectivity index (χ2v) is 4.13. The molecule has 92 valence electrons. The summed E-state index contributed by atoms with van der Waals surface area (Å²) < 4.78 is 27.0. The number of hydrogen-bond acceptors (Lipinski definition) is 3. The average Bonchev–Trinajstić information content (AvgIpc) is 2.27. The third kappa shape index (κ3) is 3.42. The van der Waals surface area contributed by atoms with Crippen molar-refractivity contribution in [3.8, 4) is 0 Å². The van der Waals surface area contributed by atoms with E-state index in [0.717, 1.165) is 23.9 Å². The molecular formula is C10H11F2N3OS. The van der Waals surface area contributed by atoms with Crippen molar-refractivity contribution in [1.82, 2.24) is 5.32 Å². The fourth-order valence-electron chi connectivity index (χ4n) is 1.06. The topological polar surface area (TPSA) is 79.0 Å². The second kappa shape index (κ2) is 5.62. The molecule has 1 aromatic rings. The van der Waals surface area contributed by atoms with E-state index in [1.54, 1.807) is 0 Å². The zero-order valence-electron chi connectivity index (χ0n) is 9.01. The van der Waals surface area contributed by atoms with Crippen molar-refractivity contribution in [2.45, 2.75) is 4.90 Å². The molecular weight excluding hydrogens is 248 g/mol. The minimum absolute atomic E-state index is 0.0238. The van der Waals surface area contributed by atoms with Crippen molar-refractivity contribution in [3.05, 3.63) is 29.3 Å². The summed E-state index contributed by atoms with van der Waals surface area (Å²) in [4.78, 5) is 10.7. The van der Waals surface area contributed by atoms with Crippen LogP contribution in [-0.4, -0.2) is 24.5 Å². The largest absolute Gasteiger partial charge is 0.384 e. The van der Waals surface area contributed by atoms with Crippen LogP contribution < -0.4 is 11.1 Å². The molecule has 0 unspecified atom stereocenters. The van der Waals surface area contributed by atoms with Crippen LogP contribution in [0.2, 0.25) is 0 Å². The van der Waals surface area contributed by atoms with Gasteiger partial charge in [-0.05, 0) is 12.1 Å². The highest BCUT2D eigenvalue weighted by Crippen LogP contribution is 2.26. The first-order chi connectivity index (χ1) is 7.95. The van der Waals surface area contributed by atoms with Crippen LogP contribution in [0.5, 0.6) is 0 Å². The first kappa shape index (κ1) is 13.4. The highest BCUT2D eigenvalue weighted by atomic mass is 32.2. The summed E-state index contributed by atoms with van der Waals surface area (Å²) >= 11 is 0.753. The summed E-state index contributed by atoms with van der Waals surface area (Å²) in [5.74, 6) is -2.48. The Balaban J connectivity index is 2.94. The predicted molar refractivity (Wildman–Crippen MR) is 62.2 cm³/mol. The standard InChI is InChI=1S/C10H11F2N3OS/c1-15-8(16)4-17-9-6(11)2-5(10(13)14)3-7(9)12/h2-3H,4H2,1H3,(H3,13,14)(H,15,16). The first-order valence-electron chi connectivity index (χ1n) is 4.62. The third-order valence-corrected chi connectivity index (χ3v) is 3.02. The number of carbonyl (C=O) groups excluding carboxylic acids is 1. The molecule has 0 heterocycles. The van der Waals surface area contributed by atoms with Crippen LogP contribution in [0.15, 0.2) is 17.0 Å². The molecule has 0 aliphatic heterocycles. The van der Waals surface area contributed by atoms with Gasteiger partial charge in [0.05, 0.1) is 10.6 Å². The molecule has 0 aliphatic carbocycles. The van der Waals surface area contributed by atoms with E-state index in [1.807, 2.05) is 0 Å². The van der Waals surface area contributed by atoms with Crippen LogP contribution in [0.3, 0.4) is 0 Å². The molecule has 0 radical (unpaired) electrons. The van der Waals surface area contributed by atoms with Crippen molar-refractivity contribution in [2.24, 2.45) is 5.73 Å². The molecule has 1 aromatic carbocycles. The van der Waals surface area contributed by atoms with E-state index >= 15 is 0 Å². The zero-order valence-corrected chi connectivity index (χ0v) is 9.83. The van der Waals surface area contributed by atoms with Gasteiger partial charge in [0.25, 0.3) is 0 Å². The first-order valence-corrected chi connectivity index (χ1v) is 5.61. The third-order valence-electron chi connectivity index (χ3n) is 1.94. The molecule has 1 rings (SSSR count). The number of benzene rings is 1. The van der Waals surface area contributed by atoms with Gasteiger partial charge < -0.3 is 11.1 Å². The summed E-state index contributed by atoms with van der Waals surface area (Å²) in [5, 5.41) is 9.42. The molecule has 0 bridgehead atoms. The monoisotopic (exact) mass is 259 g/mol. The van der Waals surface area contributed by atoms with Crippen molar-refractivity contribution >= 4 is 23.5 Å². The predicted octanol–water partition coefficient (Wildman–Crippen LogP) is 1.09. The number of nitrogens with two attached hydrogens (primary N) is 1. The molecule has 0 spiro atoms. The van der Waals surface area contributed by atoms with E-state index in [2.05, 4.69) is 5.32 Å². The van der Waals surface area contributed by atoms with Crippen molar-refractivity contribution in [3.63, 3.8) is 0 Å². The lowest BCUT2D eigenvalue weighted by atomic mass is 10.2. The second-order valence-electron chi connectivity index (χ2n) is 3.14.